The Kier molecular flexibility index (Phi) is 9.95. The van der Waals surface area contributed by atoms with E-state index < -0.39 is 59.2 Å². The van der Waals surface area contributed by atoms with Crippen LogP contribution in [-0.4, -0.2) is 50.6 Å². The van der Waals surface area contributed by atoms with Gasteiger partial charge in [-0.05, 0) is 54.7 Å². The fourth-order valence-corrected chi connectivity index (χ4v) is 5.46. The third kappa shape index (κ3) is 6.78. The van der Waals surface area contributed by atoms with Crippen LogP contribution in [0.2, 0.25) is 0 Å². The van der Waals surface area contributed by atoms with Crippen LogP contribution in [0.5, 0.6) is 5.75 Å². The van der Waals surface area contributed by atoms with Crippen LogP contribution < -0.4 is 10.1 Å². The number of amides is 2. The molecule has 5 rings (SSSR count). The summed E-state index contributed by atoms with van der Waals surface area (Å²) >= 11 is 0. The number of nitrogens with one attached hydrogen (secondary N) is 1. The number of aliphatic hydroxyl groups is 1. The first-order valence-corrected chi connectivity index (χ1v) is 13.4. The van der Waals surface area contributed by atoms with Crippen molar-refractivity contribution in [2.75, 3.05) is 11.9 Å². The summed E-state index contributed by atoms with van der Waals surface area (Å²) in [6.45, 7) is -1.31. The monoisotopic (exact) mass is 693 g/mol. The molecule has 3 aromatic rings. The van der Waals surface area contributed by atoms with Crippen LogP contribution in [0.4, 0.5) is 36.4 Å². The summed E-state index contributed by atoms with van der Waals surface area (Å²) in [7, 11) is 0. The van der Waals surface area contributed by atoms with Crippen LogP contribution in [0.1, 0.15) is 36.6 Å². The summed E-state index contributed by atoms with van der Waals surface area (Å²) in [5.74, 6) is -2.72. The van der Waals surface area contributed by atoms with Crippen molar-refractivity contribution >= 4 is 17.5 Å². The van der Waals surface area contributed by atoms with Gasteiger partial charge in [0.05, 0.1) is 12.1 Å². The van der Waals surface area contributed by atoms with Gasteiger partial charge in [-0.3, -0.25) is 28.4 Å². The molecule has 0 radical (unpaired) electrons. The molecule has 0 bridgehead atoms. The van der Waals surface area contributed by atoms with Crippen molar-refractivity contribution in [1.29, 1.82) is 0 Å². The molecule has 2 amide bonds. The number of aromatic nitrogens is 1. The van der Waals surface area contributed by atoms with Crippen molar-refractivity contribution in [3.63, 3.8) is 0 Å². The van der Waals surface area contributed by atoms with Gasteiger partial charge in [-0.2, -0.15) is 28.0 Å². The number of hydrogen-bond donors (Lipinski definition) is 2. The molecular formula is C30H24F7FeN4O4-. The van der Waals surface area contributed by atoms with Crippen molar-refractivity contribution in [2.45, 2.75) is 44.6 Å². The topological polar surface area (TPSA) is 95.0 Å². The van der Waals surface area contributed by atoms with Gasteiger partial charge in [-0.1, -0.05) is 24.3 Å². The summed E-state index contributed by atoms with van der Waals surface area (Å²) < 4.78 is 96.1. The number of hydrazine groups is 1. The molecule has 46 heavy (non-hydrogen) atoms. The summed E-state index contributed by atoms with van der Waals surface area (Å²) in [4.78, 5) is 30.8. The van der Waals surface area contributed by atoms with Crippen LogP contribution in [-0.2, 0) is 39.4 Å². The molecule has 0 saturated carbocycles. The second kappa shape index (κ2) is 13.2. The van der Waals surface area contributed by atoms with Gasteiger partial charge in [0.2, 0.25) is 0 Å². The van der Waals surface area contributed by atoms with Crippen molar-refractivity contribution in [1.82, 2.24) is 15.0 Å². The normalized spacial score (nSPS) is 18.4. The number of carbonyl (C=O) groups is 2. The first-order chi connectivity index (χ1) is 21.2. The van der Waals surface area contributed by atoms with Crippen molar-refractivity contribution < 1.29 is 67.2 Å². The number of benzene rings is 2. The minimum absolute atomic E-state index is 0. The molecule has 2 aromatic carbocycles. The van der Waals surface area contributed by atoms with Gasteiger partial charge in [0.15, 0.2) is 6.43 Å². The van der Waals surface area contributed by atoms with Gasteiger partial charge < -0.3 is 15.2 Å². The van der Waals surface area contributed by atoms with E-state index in [4.69, 9.17) is 0 Å². The molecular weight excluding hydrogens is 669 g/mol. The number of fused-ring (bicyclic) bond motifs is 1. The average Bonchev–Trinajstić information content (AvgIpc) is 3.38. The number of ether oxygens (including phenoxy) is 1. The number of anilines is 1. The molecule has 246 valence electrons. The summed E-state index contributed by atoms with van der Waals surface area (Å²) in [6, 6.07) is 10.2. The minimum Gasteiger partial charge on any atom is -0.509 e. The zero-order chi connectivity index (χ0) is 32.7. The van der Waals surface area contributed by atoms with Crippen molar-refractivity contribution in [3.8, 4) is 16.9 Å². The van der Waals surface area contributed by atoms with Crippen molar-refractivity contribution in [3.05, 3.63) is 95.4 Å². The fraction of sp³-hybridized carbons (Fsp3) is 0.267. The van der Waals surface area contributed by atoms with E-state index in [0.29, 0.717) is 31.0 Å². The largest absolute Gasteiger partial charge is 0.509 e. The predicted molar refractivity (Wildman–Crippen MR) is 145 cm³/mol. The Morgan fingerprint density at radius 3 is 2.52 bits per heavy atom. The third-order valence-electron chi connectivity index (χ3n) is 7.62. The second-order valence-electron chi connectivity index (χ2n) is 10.5. The van der Waals surface area contributed by atoms with Crippen LogP contribution in [0.25, 0.3) is 11.1 Å². The molecule has 0 spiro atoms. The minimum atomic E-state index is -4.76. The van der Waals surface area contributed by atoms with Gasteiger partial charge in [0, 0.05) is 35.5 Å². The Bertz CT molecular complexity index is 1650. The average molecular weight is 693 g/mol. The maximum Gasteiger partial charge on any atom is 0.433 e. The number of aliphatic hydroxyl groups excluding tert-OH is 1. The summed E-state index contributed by atoms with van der Waals surface area (Å²) in [6.07, 6.45) is -5.16. The number of alkyl halides is 5. The molecule has 1 atom stereocenters. The number of rotatable bonds is 8. The number of hydrogen-bond acceptors (Lipinski definition) is 6. The van der Waals surface area contributed by atoms with E-state index in [1.165, 1.54) is 23.2 Å². The molecule has 1 aromatic heterocycles. The van der Waals surface area contributed by atoms with Crippen LogP contribution in [0.15, 0.2) is 72.1 Å². The van der Waals surface area contributed by atoms with E-state index in [0.717, 1.165) is 30.5 Å². The molecule has 3 heterocycles. The Hall–Kier alpha value is -4.27. The molecule has 1 unspecified atom stereocenters. The van der Waals surface area contributed by atoms with Crippen LogP contribution in [0.3, 0.4) is 0 Å². The number of carbonyl (C=O) groups excluding carboxylic acids is 2. The first kappa shape index (κ1) is 34.6. The van der Waals surface area contributed by atoms with Gasteiger partial charge in [-0.15, -0.1) is 11.6 Å². The number of nitrogens with zero attached hydrogens (tertiary/aromatic N) is 3. The molecule has 1 fully saturated rings. The number of halogens is 7. The van der Waals surface area contributed by atoms with E-state index >= 15 is 0 Å². The molecule has 2 N–H and O–H groups in total. The molecule has 16 heteroatoms. The van der Waals surface area contributed by atoms with E-state index in [9.17, 15) is 45.4 Å². The van der Waals surface area contributed by atoms with Gasteiger partial charge in [-0.25, -0.2) is 5.01 Å². The maximum atomic E-state index is 13.8. The van der Waals surface area contributed by atoms with Crippen LogP contribution >= 0.6 is 0 Å². The standard InChI is InChI=1S/C30H24F7N4O4.Fe/c1-29-10-3-11-41(29)40(15-16-4-2-5-19(12-16)45-28(33)34)27(44)23(24(29)42)26(43)39-21-8-6-17(25(31)32)13-20(21)18-7-9-22(38-14-18)30(35,36)37;/h2,4-9,12-14,28,42H,3,10-11,15H2,1H3,(H,39,43);/q-1;. The molecule has 2 aliphatic heterocycles. The zero-order valence-electron chi connectivity index (χ0n) is 23.7. The maximum absolute atomic E-state index is 13.8. The molecule has 0 aliphatic carbocycles. The van der Waals surface area contributed by atoms with E-state index in [1.54, 1.807) is 18.0 Å². The SMILES string of the molecule is CC12CCCN1N(Cc1cccc(OC(F)F)c1)C(=O)C(C(=O)Nc1ccc([C-](F)F)cc1-c1ccc(C(F)(F)F)nc1)=C2O.[Fe]. The second-order valence-corrected chi connectivity index (χ2v) is 10.5. The first-order valence-electron chi connectivity index (χ1n) is 13.4. The van der Waals surface area contributed by atoms with Gasteiger partial charge in [0.1, 0.15) is 22.8 Å². The van der Waals surface area contributed by atoms with E-state index in [1.807, 2.05) is 0 Å². The van der Waals surface area contributed by atoms with E-state index in [2.05, 4.69) is 15.0 Å². The quantitative estimate of drug-likeness (QED) is 0.118. The third-order valence-corrected chi connectivity index (χ3v) is 7.62. The Morgan fingerprint density at radius 1 is 1.15 bits per heavy atom. The van der Waals surface area contributed by atoms with Gasteiger partial charge in [0.25, 0.3) is 11.8 Å². The summed E-state index contributed by atoms with van der Waals surface area (Å²) in [5, 5.41) is 16.5. The van der Waals surface area contributed by atoms with Gasteiger partial charge >= 0.3 is 12.8 Å². The smallest absolute Gasteiger partial charge is 0.433 e. The van der Waals surface area contributed by atoms with Crippen LogP contribution in [0, 0.1) is 6.43 Å². The molecule has 1 saturated heterocycles. The number of pyridine rings is 1. The summed E-state index contributed by atoms with van der Waals surface area (Å²) in [5.41, 5.74) is -3.59. The molecule has 8 nitrogen and oxygen atoms in total. The van der Waals surface area contributed by atoms with E-state index in [-0.39, 0.29) is 46.2 Å². The van der Waals surface area contributed by atoms with Crippen molar-refractivity contribution in [2.24, 2.45) is 0 Å². The Labute approximate surface area is 268 Å². The zero-order valence-corrected chi connectivity index (χ0v) is 24.8. The Balaban J connectivity index is 0.00000480. The Morgan fingerprint density at radius 2 is 1.89 bits per heavy atom. The fourth-order valence-electron chi connectivity index (χ4n) is 5.46. The molecule has 2 aliphatic rings. The predicted octanol–water partition coefficient (Wildman–Crippen LogP) is 6.71.